The maximum Gasteiger partial charge on any atom is 0.387 e. The van der Waals surface area contributed by atoms with E-state index in [4.69, 9.17) is 46.9 Å². The number of rotatable bonds is 19. The Balaban J connectivity index is 1.28. The van der Waals surface area contributed by atoms with Gasteiger partial charge in [0.05, 0.1) is 38.2 Å². The van der Waals surface area contributed by atoms with Crippen molar-refractivity contribution in [3.8, 4) is 17.2 Å². The van der Waals surface area contributed by atoms with Crippen LogP contribution in [0.5, 0.6) is 17.2 Å². The Labute approximate surface area is 323 Å². The quantitative estimate of drug-likeness (QED) is 0.0803. The summed E-state index contributed by atoms with van der Waals surface area (Å²) in [6.07, 6.45) is 6.17. The summed E-state index contributed by atoms with van der Waals surface area (Å²) in [5, 5.41) is 12.1. The van der Waals surface area contributed by atoms with E-state index in [1.165, 1.54) is 40.9 Å². The summed E-state index contributed by atoms with van der Waals surface area (Å²) in [7, 11) is -3.61. The van der Waals surface area contributed by atoms with Crippen LogP contribution in [0, 0.1) is 17.0 Å². The van der Waals surface area contributed by atoms with Gasteiger partial charge in [-0.1, -0.05) is 35.3 Å². The monoisotopic (exact) mass is 813 g/mol. The zero-order valence-corrected chi connectivity index (χ0v) is 32.1. The lowest BCUT2D eigenvalue weighted by Crippen LogP contribution is -2.42. The third-order valence-corrected chi connectivity index (χ3v) is 11.4. The minimum Gasteiger partial charge on any atom is -0.619 e. The number of esters is 1. The summed E-state index contributed by atoms with van der Waals surface area (Å²) in [6.45, 7) is 1.06. The summed E-state index contributed by atoms with van der Waals surface area (Å²) in [4.78, 5) is 16.1. The number of hydrogen-bond donors (Lipinski definition) is 0. The Morgan fingerprint density at radius 3 is 2.24 bits per heavy atom. The van der Waals surface area contributed by atoms with Gasteiger partial charge in [-0.05, 0) is 67.3 Å². The fourth-order valence-corrected chi connectivity index (χ4v) is 7.31. The maximum absolute atomic E-state index is 14.0. The van der Waals surface area contributed by atoms with Crippen molar-refractivity contribution in [1.82, 2.24) is 9.21 Å². The van der Waals surface area contributed by atoms with Gasteiger partial charge in [-0.15, -0.1) is 0 Å². The van der Waals surface area contributed by atoms with Crippen LogP contribution in [0.4, 0.5) is 8.78 Å². The molecule has 2 aliphatic carbocycles. The molecule has 1 unspecified atom stereocenters. The summed E-state index contributed by atoms with van der Waals surface area (Å²) in [6, 6.07) is 8.98. The number of benzene rings is 2. The fraction of sp³-hybridized carbons (Fsp3) is 0.514. The summed E-state index contributed by atoms with van der Waals surface area (Å²) in [5.74, 6) is 0.135. The highest BCUT2D eigenvalue weighted by Crippen LogP contribution is 2.38. The van der Waals surface area contributed by atoms with E-state index in [9.17, 15) is 27.2 Å². The first kappa shape index (κ1) is 40.2. The molecular weight excluding hydrogens is 771 g/mol. The molecule has 12 nitrogen and oxygen atoms in total. The summed E-state index contributed by atoms with van der Waals surface area (Å²) in [5.41, 5.74) is 1.39. The largest absolute Gasteiger partial charge is 0.619 e. The third kappa shape index (κ3) is 11.5. The molecule has 1 aromatic heterocycles. The zero-order valence-electron chi connectivity index (χ0n) is 29.8. The smallest absolute Gasteiger partial charge is 0.387 e. The average molecular weight is 815 g/mol. The average Bonchev–Trinajstić information content (AvgIpc) is 4.06. The third-order valence-electron chi connectivity index (χ3n) is 9.48. The van der Waals surface area contributed by atoms with Gasteiger partial charge < -0.3 is 28.9 Å². The number of ether oxygens (including phenoxy) is 5. The molecule has 6 rings (SSSR count). The molecule has 3 fully saturated rings. The van der Waals surface area contributed by atoms with Crippen LogP contribution in [0.3, 0.4) is 0 Å². The van der Waals surface area contributed by atoms with Crippen molar-refractivity contribution in [2.24, 2.45) is 11.8 Å². The van der Waals surface area contributed by atoms with Crippen molar-refractivity contribution in [2.75, 3.05) is 58.9 Å². The van der Waals surface area contributed by atoms with E-state index >= 15 is 0 Å². The molecule has 2 saturated carbocycles. The van der Waals surface area contributed by atoms with E-state index in [0.717, 1.165) is 51.2 Å². The minimum absolute atomic E-state index is 0.0303. The maximum atomic E-state index is 14.0. The predicted molar refractivity (Wildman–Crippen MR) is 196 cm³/mol. The molecule has 0 N–H and O–H groups in total. The number of nitrogens with zero attached hydrogens (tertiary/aromatic N) is 3. The van der Waals surface area contributed by atoms with Gasteiger partial charge in [0, 0.05) is 50.3 Å². The highest BCUT2D eigenvalue weighted by Gasteiger charge is 2.29. The topological polar surface area (TPSA) is 131 Å². The first-order valence-electron chi connectivity index (χ1n) is 17.8. The van der Waals surface area contributed by atoms with Crippen LogP contribution >= 0.6 is 23.2 Å². The molecule has 17 heteroatoms. The number of carbonyl (C=O) groups excluding carboxylic acids is 1. The number of alkyl halides is 2. The highest BCUT2D eigenvalue weighted by molar-refractivity contribution is 7.88. The van der Waals surface area contributed by atoms with E-state index < -0.39 is 28.7 Å². The van der Waals surface area contributed by atoms with Crippen LogP contribution in [-0.4, -0.2) is 89.1 Å². The van der Waals surface area contributed by atoms with Crippen molar-refractivity contribution >= 4 is 39.2 Å². The van der Waals surface area contributed by atoms with Gasteiger partial charge in [0.25, 0.3) is 0 Å². The molecule has 2 aromatic carbocycles. The molecule has 0 amide bonds. The van der Waals surface area contributed by atoms with Gasteiger partial charge in [0.1, 0.15) is 21.9 Å². The lowest BCUT2D eigenvalue weighted by atomic mass is 10.0. The lowest BCUT2D eigenvalue weighted by molar-refractivity contribution is -0.605. The fourth-order valence-electron chi connectivity index (χ4n) is 5.93. The molecule has 0 spiro atoms. The van der Waals surface area contributed by atoms with Crippen LogP contribution in [0.25, 0.3) is 0 Å². The minimum atomic E-state index is -3.61. The molecular formula is C37H43Cl2F2N3O9S. The van der Waals surface area contributed by atoms with Crippen molar-refractivity contribution in [1.29, 1.82) is 0 Å². The highest BCUT2D eigenvalue weighted by atomic mass is 35.5. The van der Waals surface area contributed by atoms with E-state index in [1.54, 1.807) is 6.07 Å². The number of carbonyl (C=O) groups is 1. The Hall–Kier alpha value is -3.47. The van der Waals surface area contributed by atoms with Crippen molar-refractivity contribution in [2.45, 2.75) is 51.4 Å². The molecule has 3 aliphatic rings. The van der Waals surface area contributed by atoms with Crippen LogP contribution in [0.1, 0.15) is 58.8 Å². The zero-order chi connectivity index (χ0) is 38.4. The Morgan fingerprint density at radius 2 is 1.63 bits per heavy atom. The second-order valence-corrected chi connectivity index (χ2v) is 16.7. The van der Waals surface area contributed by atoms with Crippen LogP contribution < -0.4 is 18.9 Å². The van der Waals surface area contributed by atoms with Crippen LogP contribution in [-0.2, 0) is 32.5 Å². The molecule has 3 aromatic rings. The summed E-state index contributed by atoms with van der Waals surface area (Å²) >= 11 is 12.8. The lowest BCUT2D eigenvalue weighted by Gasteiger charge is -2.29. The second kappa shape index (κ2) is 18.0. The Bertz CT molecular complexity index is 1870. The molecule has 0 radical (unpaired) electrons. The molecule has 1 aliphatic heterocycles. The van der Waals surface area contributed by atoms with E-state index in [0.29, 0.717) is 72.0 Å². The Morgan fingerprint density at radius 1 is 0.981 bits per heavy atom. The number of hydrogen-bond acceptors (Lipinski definition) is 10. The van der Waals surface area contributed by atoms with Gasteiger partial charge >= 0.3 is 12.6 Å². The molecule has 0 bridgehead atoms. The number of morpholine rings is 1. The van der Waals surface area contributed by atoms with Crippen LogP contribution in [0.15, 0.2) is 48.8 Å². The van der Waals surface area contributed by atoms with Gasteiger partial charge in [0.2, 0.25) is 10.0 Å². The van der Waals surface area contributed by atoms with E-state index in [1.807, 2.05) is 0 Å². The molecule has 54 heavy (non-hydrogen) atoms. The Kier molecular flexibility index (Phi) is 13.4. The standard InChI is InChI=1S/C37H43Cl2F2N3O9S/c1-54(47,48)44(11-10-42-12-14-49-15-13-42)19-28-7-6-27(17-33(28)50-22-24-2-3-24)36(45)52-34(18-29-30(38)20-43(46)21-31(29)39)26-8-9-32(53-37(40)41)35(16-26)51-23-25-4-5-25/h6-9,16-17,20-21,24-25,34,37H,2-5,10-15,18-19,22-23H2,1H3. The second-order valence-electron chi connectivity index (χ2n) is 13.9. The van der Waals surface area contributed by atoms with Crippen molar-refractivity contribution < 1.29 is 50.4 Å². The SMILES string of the molecule is CS(=O)(=O)N(CCN1CCOCC1)Cc1ccc(C(=O)OC(Cc2c(Cl)c[n+]([O-])cc2Cl)c2ccc(OC(F)F)c(OCC3CC3)c2)cc1OCC1CC1. The molecule has 294 valence electrons. The van der Waals surface area contributed by atoms with Gasteiger partial charge in [-0.2, -0.15) is 17.8 Å². The predicted octanol–water partition coefficient (Wildman–Crippen LogP) is 6.04. The molecule has 2 heterocycles. The summed E-state index contributed by atoms with van der Waals surface area (Å²) < 4.78 is 82.5. The van der Waals surface area contributed by atoms with Crippen LogP contribution in [0.2, 0.25) is 10.0 Å². The van der Waals surface area contributed by atoms with Crippen molar-refractivity contribution in [3.05, 3.63) is 86.3 Å². The van der Waals surface area contributed by atoms with Gasteiger partial charge in [0.15, 0.2) is 23.9 Å². The van der Waals surface area contributed by atoms with Gasteiger partial charge in [-0.25, -0.2) is 13.2 Å². The number of halogens is 4. The number of sulfonamides is 1. The van der Waals surface area contributed by atoms with E-state index in [-0.39, 0.29) is 46.6 Å². The van der Waals surface area contributed by atoms with Crippen molar-refractivity contribution in [3.63, 3.8) is 0 Å². The molecule has 1 saturated heterocycles. The first-order chi connectivity index (χ1) is 25.8. The molecule has 1 atom stereocenters. The van der Waals surface area contributed by atoms with E-state index in [2.05, 4.69) is 4.90 Å². The number of aromatic nitrogens is 1. The normalized spacial score (nSPS) is 17.1. The van der Waals surface area contributed by atoms with Gasteiger partial charge in [-0.3, -0.25) is 4.90 Å². The first-order valence-corrected chi connectivity index (χ1v) is 20.4. The number of pyridine rings is 1.